The van der Waals surface area contributed by atoms with Gasteiger partial charge < -0.3 is 10.2 Å². The van der Waals surface area contributed by atoms with E-state index in [-0.39, 0.29) is 23.3 Å². The van der Waals surface area contributed by atoms with Crippen LogP contribution in [0.25, 0.3) is 0 Å². The zero-order valence-corrected chi connectivity index (χ0v) is 15.8. The quantitative estimate of drug-likeness (QED) is 0.838. The number of hydrogen-bond acceptors (Lipinski definition) is 5. The third-order valence-electron chi connectivity index (χ3n) is 5.12. The van der Waals surface area contributed by atoms with Gasteiger partial charge in [-0.25, -0.2) is 8.42 Å². The van der Waals surface area contributed by atoms with Gasteiger partial charge in [-0.15, -0.1) is 0 Å². The number of nitrogens with zero attached hydrogens (tertiary/aromatic N) is 3. The van der Waals surface area contributed by atoms with Crippen LogP contribution in [0.15, 0.2) is 23.1 Å². The van der Waals surface area contributed by atoms with Crippen molar-refractivity contribution in [3.63, 3.8) is 0 Å². The predicted molar refractivity (Wildman–Crippen MR) is 96.8 cm³/mol. The molecule has 7 nitrogen and oxygen atoms in total. The highest BCUT2D eigenvalue weighted by atomic mass is 32.2. The first-order chi connectivity index (χ1) is 12.4. The summed E-state index contributed by atoms with van der Waals surface area (Å²) in [6.45, 7) is 5.30. The van der Waals surface area contributed by atoms with Gasteiger partial charge >= 0.3 is 0 Å². The molecule has 1 amide bonds. The smallest absolute Gasteiger partial charge is 0.243 e. The Morgan fingerprint density at radius 1 is 1.27 bits per heavy atom. The molecule has 1 atom stereocenters. The van der Waals surface area contributed by atoms with Crippen molar-refractivity contribution in [1.29, 1.82) is 5.26 Å². The van der Waals surface area contributed by atoms with Gasteiger partial charge in [0.25, 0.3) is 0 Å². The van der Waals surface area contributed by atoms with E-state index in [0.29, 0.717) is 37.2 Å². The Balaban J connectivity index is 1.76. The van der Waals surface area contributed by atoms with E-state index in [0.717, 1.165) is 19.5 Å². The Bertz CT molecular complexity index is 825. The summed E-state index contributed by atoms with van der Waals surface area (Å²) in [5, 5.41) is 12.2. The zero-order chi connectivity index (χ0) is 18.7. The molecule has 3 rings (SSSR count). The summed E-state index contributed by atoms with van der Waals surface area (Å²) in [6, 6.07) is 6.60. The summed E-state index contributed by atoms with van der Waals surface area (Å²) in [5.74, 6) is -0.224. The summed E-state index contributed by atoms with van der Waals surface area (Å²) < 4.78 is 27.4. The molecule has 140 valence electrons. The van der Waals surface area contributed by atoms with Crippen LogP contribution in [0.1, 0.15) is 24.0 Å². The van der Waals surface area contributed by atoms with E-state index in [1.54, 1.807) is 6.92 Å². The molecular weight excluding hydrogens is 352 g/mol. The highest BCUT2D eigenvalue weighted by Crippen LogP contribution is 2.26. The molecule has 0 aliphatic carbocycles. The average molecular weight is 376 g/mol. The highest BCUT2D eigenvalue weighted by molar-refractivity contribution is 7.89. The summed E-state index contributed by atoms with van der Waals surface area (Å²) in [7, 11) is -3.67. The second kappa shape index (κ2) is 7.74. The first-order valence-electron chi connectivity index (χ1n) is 8.94. The molecule has 1 unspecified atom stereocenters. The van der Waals surface area contributed by atoms with Gasteiger partial charge in [0.15, 0.2) is 0 Å². The monoisotopic (exact) mass is 376 g/mol. The van der Waals surface area contributed by atoms with Gasteiger partial charge in [0.2, 0.25) is 15.9 Å². The molecule has 0 spiro atoms. The van der Waals surface area contributed by atoms with E-state index in [1.165, 1.54) is 22.5 Å². The molecule has 1 aromatic carbocycles. The molecule has 2 fully saturated rings. The number of piperidine rings is 1. The van der Waals surface area contributed by atoms with Crippen LogP contribution in [-0.4, -0.2) is 62.8 Å². The van der Waals surface area contributed by atoms with Crippen LogP contribution < -0.4 is 5.32 Å². The van der Waals surface area contributed by atoms with Gasteiger partial charge in [-0.05, 0) is 43.5 Å². The third kappa shape index (κ3) is 3.75. The summed E-state index contributed by atoms with van der Waals surface area (Å²) in [5.41, 5.74) is 1.10. The number of aryl methyl sites for hydroxylation is 1. The van der Waals surface area contributed by atoms with Crippen LogP contribution in [0.3, 0.4) is 0 Å². The van der Waals surface area contributed by atoms with Crippen molar-refractivity contribution in [2.75, 3.05) is 39.3 Å². The van der Waals surface area contributed by atoms with Crippen molar-refractivity contribution in [3.05, 3.63) is 29.3 Å². The Morgan fingerprint density at radius 3 is 2.65 bits per heavy atom. The van der Waals surface area contributed by atoms with Crippen LogP contribution in [0, 0.1) is 24.2 Å². The SMILES string of the molecule is Cc1cc(S(=O)(=O)N2CCCC(C(=O)N3CCNCC3)C2)ccc1C#N. The van der Waals surface area contributed by atoms with Crippen LogP contribution in [-0.2, 0) is 14.8 Å². The maximum absolute atomic E-state index is 13.0. The van der Waals surface area contributed by atoms with Gasteiger partial charge in [-0.1, -0.05) is 0 Å². The van der Waals surface area contributed by atoms with E-state index in [2.05, 4.69) is 5.32 Å². The van der Waals surface area contributed by atoms with Gasteiger partial charge in [-0.2, -0.15) is 9.57 Å². The van der Waals surface area contributed by atoms with E-state index in [9.17, 15) is 13.2 Å². The number of benzene rings is 1. The number of amides is 1. The summed E-state index contributed by atoms with van der Waals surface area (Å²) in [6.07, 6.45) is 1.40. The molecule has 0 radical (unpaired) electrons. The van der Waals surface area contributed by atoms with Crippen molar-refractivity contribution in [2.45, 2.75) is 24.7 Å². The molecule has 2 saturated heterocycles. The number of carbonyl (C=O) groups is 1. The van der Waals surface area contributed by atoms with Crippen molar-refractivity contribution in [3.8, 4) is 6.07 Å². The van der Waals surface area contributed by atoms with Crippen LogP contribution in [0.4, 0.5) is 0 Å². The van der Waals surface area contributed by atoms with Crippen molar-refractivity contribution in [1.82, 2.24) is 14.5 Å². The van der Waals surface area contributed by atoms with Crippen LogP contribution in [0.5, 0.6) is 0 Å². The lowest BCUT2D eigenvalue weighted by Gasteiger charge is -2.35. The maximum Gasteiger partial charge on any atom is 0.243 e. The number of carbonyl (C=O) groups excluding carboxylic acids is 1. The minimum atomic E-state index is -3.67. The zero-order valence-electron chi connectivity index (χ0n) is 14.9. The lowest BCUT2D eigenvalue weighted by Crippen LogP contribution is -2.51. The summed E-state index contributed by atoms with van der Waals surface area (Å²) >= 11 is 0. The molecule has 0 aromatic heterocycles. The van der Waals surface area contributed by atoms with E-state index in [4.69, 9.17) is 5.26 Å². The number of piperazine rings is 1. The molecule has 8 heteroatoms. The average Bonchev–Trinajstić information content (AvgIpc) is 2.68. The van der Waals surface area contributed by atoms with Gasteiger partial charge in [-0.3, -0.25) is 4.79 Å². The molecule has 2 aliphatic heterocycles. The van der Waals surface area contributed by atoms with Gasteiger partial charge in [0, 0.05) is 39.3 Å². The first-order valence-corrected chi connectivity index (χ1v) is 10.4. The molecule has 2 heterocycles. The largest absolute Gasteiger partial charge is 0.340 e. The Kier molecular flexibility index (Phi) is 5.61. The first kappa shape index (κ1) is 18.8. The highest BCUT2D eigenvalue weighted by Gasteiger charge is 2.35. The number of nitriles is 1. The minimum absolute atomic E-state index is 0.0578. The van der Waals surface area contributed by atoms with Gasteiger partial charge in [0.1, 0.15) is 0 Å². The fourth-order valence-electron chi connectivity index (χ4n) is 3.58. The maximum atomic E-state index is 13.0. The lowest BCUT2D eigenvalue weighted by molar-refractivity contribution is -0.137. The molecule has 2 aliphatic rings. The van der Waals surface area contributed by atoms with Crippen LogP contribution >= 0.6 is 0 Å². The molecule has 26 heavy (non-hydrogen) atoms. The Hall–Kier alpha value is -1.95. The van der Waals surface area contributed by atoms with Crippen molar-refractivity contribution < 1.29 is 13.2 Å². The fourth-order valence-corrected chi connectivity index (χ4v) is 5.19. The Morgan fingerprint density at radius 2 is 2.00 bits per heavy atom. The standard InChI is InChI=1S/C18H24N4O3S/c1-14-11-17(5-4-15(14)12-19)26(24,25)22-8-2-3-16(13-22)18(23)21-9-6-20-7-10-21/h4-5,11,16,20H,2-3,6-10,13H2,1H3. The number of hydrogen-bond donors (Lipinski definition) is 1. The normalized spacial score (nSPS) is 22.0. The molecular formula is C18H24N4O3S. The molecule has 1 aromatic rings. The molecule has 0 saturated carbocycles. The fraction of sp³-hybridized carbons (Fsp3) is 0.556. The lowest BCUT2D eigenvalue weighted by atomic mass is 9.98. The van der Waals surface area contributed by atoms with E-state index >= 15 is 0 Å². The number of nitrogens with one attached hydrogen (secondary N) is 1. The second-order valence-electron chi connectivity index (χ2n) is 6.87. The topological polar surface area (TPSA) is 93.5 Å². The second-order valence-corrected chi connectivity index (χ2v) is 8.80. The van der Waals surface area contributed by atoms with Crippen molar-refractivity contribution in [2.24, 2.45) is 5.92 Å². The van der Waals surface area contributed by atoms with Crippen LogP contribution in [0.2, 0.25) is 0 Å². The van der Waals surface area contributed by atoms with Gasteiger partial charge in [0.05, 0.1) is 22.4 Å². The van der Waals surface area contributed by atoms with E-state index in [1.807, 2.05) is 11.0 Å². The molecule has 0 bridgehead atoms. The van der Waals surface area contributed by atoms with E-state index < -0.39 is 10.0 Å². The Labute approximate surface area is 154 Å². The minimum Gasteiger partial charge on any atom is -0.340 e. The summed E-state index contributed by atoms with van der Waals surface area (Å²) in [4.78, 5) is 14.8. The van der Waals surface area contributed by atoms with Crippen molar-refractivity contribution >= 4 is 15.9 Å². The predicted octanol–water partition coefficient (Wildman–Crippen LogP) is 0.699. The number of sulfonamides is 1. The molecule has 1 N–H and O–H groups in total. The number of rotatable bonds is 3. The third-order valence-corrected chi connectivity index (χ3v) is 6.98.